The van der Waals surface area contributed by atoms with Gasteiger partial charge in [-0.2, -0.15) is 0 Å². The van der Waals surface area contributed by atoms with Crippen LogP contribution in [0.25, 0.3) is 0 Å². The summed E-state index contributed by atoms with van der Waals surface area (Å²) in [7, 11) is 0. The molecule has 1 aromatic carbocycles. The lowest BCUT2D eigenvalue weighted by molar-refractivity contribution is -0.124. The average molecular weight is 370 g/mol. The van der Waals surface area contributed by atoms with Gasteiger partial charge in [-0.25, -0.2) is 4.79 Å². The van der Waals surface area contributed by atoms with Gasteiger partial charge < -0.3 is 20.7 Å². The molecule has 0 bridgehead atoms. The molecule has 0 spiro atoms. The van der Waals surface area contributed by atoms with Crippen LogP contribution in [-0.4, -0.2) is 36.7 Å². The molecule has 0 heterocycles. The molecule has 7 heteroatoms. The van der Waals surface area contributed by atoms with Gasteiger partial charge in [0.05, 0.1) is 0 Å². The molecule has 0 aromatic heterocycles. The number of ether oxygens (including phenoxy) is 1. The fraction of sp³-hybridized carbons (Fsp3) is 0.556. The number of carbonyl (C=O) groups is 2. The molecule has 0 aliphatic rings. The molecule has 6 nitrogen and oxygen atoms in total. The highest BCUT2D eigenvalue weighted by atomic mass is 35.5. The third-order valence-electron chi connectivity index (χ3n) is 3.22. The highest BCUT2D eigenvalue weighted by Gasteiger charge is 2.26. The van der Waals surface area contributed by atoms with Gasteiger partial charge in [-0.3, -0.25) is 4.79 Å². The SMILES string of the molecule is CC(C)[C@H](NC(=O)OC(C)(C)C)C(=O)NCCNc1ccc(Cl)cc1. The first kappa shape index (κ1) is 21.1. The summed E-state index contributed by atoms with van der Waals surface area (Å²) in [6.07, 6.45) is -0.597. The Balaban J connectivity index is 2.42. The van der Waals surface area contributed by atoms with Crippen molar-refractivity contribution in [2.75, 3.05) is 18.4 Å². The minimum Gasteiger partial charge on any atom is -0.444 e. The third-order valence-corrected chi connectivity index (χ3v) is 3.47. The van der Waals surface area contributed by atoms with Crippen molar-refractivity contribution >= 4 is 29.3 Å². The minimum absolute atomic E-state index is 0.0586. The fourth-order valence-electron chi connectivity index (χ4n) is 2.04. The molecule has 1 rings (SSSR count). The van der Waals surface area contributed by atoms with E-state index < -0.39 is 17.7 Å². The number of rotatable bonds is 7. The van der Waals surface area contributed by atoms with Gasteiger partial charge in [-0.05, 0) is 51.0 Å². The van der Waals surface area contributed by atoms with E-state index in [1.54, 1.807) is 32.9 Å². The van der Waals surface area contributed by atoms with E-state index in [9.17, 15) is 9.59 Å². The number of amides is 2. The molecule has 1 aromatic rings. The Kier molecular flexibility index (Phi) is 8.03. The van der Waals surface area contributed by atoms with Crippen molar-refractivity contribution in [3.05, 3.63) is 29.3 Å². The van der Waals surface area contributed by atoms with E-state index in [0.717, 1.165) is 5.69 Å². The lowest BCUT2D eigenvalue weighted by Gasteiger charge is -2.25. The molecular formula is C18H28ClN3O3. The lowest BCUT2D eigenvalue weighted by atomic mass is 10.0. The molecule has 25 heavy (non-hydrogen) atoms. The highest BCUT2D eigenvalue weighted by molar-refractivity contribution is 6.30. The summed E-state index contributed by atoms with van der Waals surface area (Å²) in [4.78, 5) is 24.2. The van der Waals surface area contributed by atoms with Gasteiger partial charge in [0.15, 0.2) is 0 Å². The van der Waals surface area contributed by atoms with Crippen LogP contribution < -0.4 is 16.0 Å². The van der Waals surface area contributed by atoms with Gasteiger partial charge in [-0.1, -0.05) is 25.4 Å². The number of hydrogen-bond acceptors (Lipinski definition) is 4. The van der Waals surface area contributed by atoms with Gasteiger partial charge in [0.1, 0.15) is 11.6 Å². The summed E-state index contributed by atoms with van der Waals surface area (Å²) in [6, 6.07) is 6.67. The van der Waals surface area contributed by atoms with Gasteiger partial charge in [-0.15, -0.1) is 0 Å². The van der Waals surface area contributed by atoms with Crippen molar-refractivity contribution in [2.24, 2.45) is 5.92 Å². The Labute approximate surface area is 154 Å². The number of nitrogens with one attached hydrogen (secondary N) is 3. The zero-order valence-corrected chi connectivity index (χ0v) is 16.2. The average Bonchev–Trinajstić information content (AvgIpc) is 2.48. The molecule has 1 atom stereocenters. The van der Waals surface area contributed by atoms with Crippen molar-refractivity contribution < 1.29 is 14.3 Å². The largest absolute Gasteiger partial charge is 0.444 e. The van der Waals surface area contributed by atoms with E-state index in [1.807, 2.05) is 26.0 Å². The first-order chi connectivity index (χ1) is 11.6. The van der Waals surface area contributed by atoms with E-state index >= 15 is 0 Å². The molecule has 0 unspecified atom stereocenters. The Bertz CT molecular complexity index is 568. The Morgan fingerprint density at radius 3 is 2.24 bits per heavy atom. The first-order valence-electron chi connectivity index (χ1n) is 8.35. The van der Waals surface area contributed by atoms with Crippen molar-refractivity contribution in [3.8, 4) is 0 Å². The number of benzene rings is 1. The van der Waals surface area contributed by atoms with E-state index in [0.29, 0.717) is 18.1 Å². The predicted molar refractivity (Wildman–Crippen MR) is 101 cm³/mol. The van der Waals surface area contributed by atoms with Crippen LogP contribution in [0.5, 0.6) is 0 Å². The summed E-state index contributed by atoms with van der Waals surface area (Å²) < 4.78 is 5.21. The topological polar surface area (TPSA) is 79.5 Å². The third kappa shape index (κ3) is 8.63. The summed E-state index contributed by atoms with van der Waals surface area (Å²) in [5, 5.41) is 9.30. The number of alkyl carbamates (subject to hydrolysis) is 1. The summed E-state index contributed by atoms with van der Waals surface area (Å²) in [6.45, 7) is 10.1. The van der Waals surface area contributed by atoms with Crippen LogP contribution in [0, 0.1) is 5.92 Å². The van der Waals surface area contributed by atoms with Crippen LogP contribution in [0.1, 0.15) is 34.6 Å². The van der Waals surface area contributed by atoms with Gasteiger partial charge >= 0.3 is 6.09 Å². The predicted octanol–water partition coefficient (Wildman–Crippen LogP) is 3.42. The van der Waals surface area contributed by atoms with Crippen LogP contribution in [0.4, 0.5) is 10.5 Å². The number of halogens is 1. The van der Waals surface area contributed by atoms with Crippen molar-refractivity contribution in [1.82, 2.24) is 10.6 Å². The van der Waals surface area contributed by atoms with Crippen molar-refractivity contribution in [1.29, 1.82) is 0 Å². The van der Waals surface area contributed by atoms with Crippen LogP contribution in [-0.2, 0) is 9.53 Å². The monoisotopic (exact) mass is 369 g/mol. The fourth-order valence-corrected chi connectivity index (χ4v) is 2.17. The molecule has 0 radical (unpaired) electrons. The molecule has 3 N–H and O–H groups in total. The van der Waals surface area contributed by atoms with Gasteiger partial charge in [0, 0.05) is 23.8 Å². The molecular weight excluding hydrogens is 342 g/mol. The summed E-state index contributed by atoms with van der Waals surface area (Å²) >= 11 is 5.83. The van der Waals surface area contributed by atoms with Crippen LogP contribution in [0.2, 0.25) is 5.02 Å². The molecule has 0 aliphatic carbocycles. The summed E-state index contributed by atoms with van der Waals surface area (Å²) in [5.41, 5.74) is 0.316. The van der Waals surface area contributed by atoms with Crippen LogP contribution >= 0.6 is 11.6 Å². The van der Waals surface area contributed by atoms with Gasteiger partial charge in [0.25, 0.3) is 0 Å². The zero-order chi connectivity index (χ0) is 19.0. The Morgan fingerprint density at radius 2 is 1.72 bits per heavy atom. The van der Waals surface area contributed by atoms with E-state index in [1.165, 1.54) is 0 Å². The van der Waals surface area contributed by atoms with E-state index in [4.69, 9.17) is 16.3 Å². The molecule has 140 valence electrons. The molecule has 0 aliphatic heterocycles. The van der Waals surface area contributed by atoms with Crippen molar-refractivity contribution in [3.63, 3.8) is 0 Å². The van der Waals surface area contributed by atoms with E-state index in [-0.39, 0.29) is 11.8 Å². The van der Waals surface area contributed by atoms with Gasteiger partial charge in [0.2, 0.25) is 5.91 Å². The molecule has 2 amide bonds. The van der Waals surface area contributed by atoms with Crippen molar-refractivity contribution in [2.45, 2.75) is 46.3 Å². The maximum atomic E-state index is 12.3. The highest BCUT2D eigenvalue weighted by Crippen LogP contribution is 2.13. The minimum atomic E-state index is -0.648. The molecule has 0 saturated carbocycles. The van der Waals surface area contributed by atoms with Crippen LogP contribution in [0.15, 0.2) is 24.3 Å². The van der Waals surface area contributed by atoms with E-state index in [2.05, 4.69) is 16.0 Å². The second-order valence-corrected chi connectivity index (χ2v) is 7.53. The second kappa shape index (κ2) is 9.51. The number of anilines is 1. The zero-order valence-electron chi connectivity index (χ0n) is 15.5. The molecule has 0 fully saturated rings. The second-order valence-electron chi connectivity index (χ2n) is 7.09. The quantitative estimate of drug-likeness (QED) is 0.643. The molecule has 0 saturated heterocycles. The maximum Gasteiger partial charge on any atom is 0.408 e. The summed E-state index contributed by atoms with van der Waals surface area (Å²) in [5.74, 6) is -0.296. The number of carbonyl (C=O) groups excluding carboxylic acids is 2. The smallest absolute Gasteiger partial charge is 0.408 e. The Hall–Kier alpha value is -1.95. The maximum absolute atomic E-state index is 12.3. The lowest BCUT2D eigenvalue weighted by Crippen LogP contribution is -2.51. The van der Waals surface area contributed by atoms with Crippen LogP contribution in [0.3, 0.4) is 0 Å². The standard InChI is InChI=1S/C18H28ClN3O3/c1-12(2)15(22-17(24)25-18(3,4)5)16(23)21-11-10-20-14-8-6-13(19)7-9-14/h6-9,12,15,20H,10-11H2,1-5H3,(H,21,23)(H,22,24)/t15-/m0/s1. The number of hydrogen-bond donors (Lipinski definition) is 3. The Morgan fingerprint density at radius 1 is 1.12 bits per heavy atom. The normalized spacial score (nSPS) is 12.4. The first-order valence-corrected chi connectivity index (χ1v) is 8.73.